The highest BCUT2D eigenvalue weighted by Crippen LogP contribution is 2.17. The molecule has 11 heteroatoms. The second-order valence-electron chi connectivity index (χ2n) is 10.2. The number of aromatic nitrogens is 1. The molecule has 0 aliphatic carbocycles. The van der Waals surface area contributed by atoms with Crippen LogP contribution in [-0.2, 0) is 30.4 Å². The summed E-state index contributed by atoms with van der Waals surface area (Å²) >= 11 is 0. The molecule has 0 radical (unpaired) electrons. The smallest absolute Gasteiger partial charge is 0.303 e. The fourth-order valence-corrected chi connectivity index (χ4v) is 4.67. The highest BCUT2D eigenvalue weighted by Gasteiger charge is 2.31. The number of carboxylic acids is 1. The van der Waals surface area contributed by atoms with Gasteiger partial charge in [0.25, 0.3) is 0 Å². The van der Waals surface area contributed by atoms with E-state index in [4.69, 9.17) is 5.11 Å². The molecule has 4 atom stereocenters. The van der Waals surface area contributed by atoms with E-state index in [0.29, 0.717) is 19.3 Å². The second-order valence-corrected chi connectivity index (χ2v) is 10.2. The number of carbonyl (C=O) groups excluding carboxylic acids is 4. The van der Waals surface area contributed by atoms with Crippen molar-refractivity contribution >= 4 is 40.5 Å². The molecule has 39 heavy (non-hydrogen) atoms. The minimum Gasteiger partial charge on any atom is -0.481 e. The van der Waals surface area contributed by atoms with Gasteiger partial charge >= 0.3 is 5.97 Å². The molecule has 0 spiro atoms. The molecule has 1 aliphatic rings. The minimum absolute atomic E-state index is 0.00802. The Morgan fingerprint density at radius 3 is 2.44 bits per heavy atom. The zero-order valence-electron chi connectivity index (χ0n) is 22.5. The second kappa shape index (κ2) is 14.3. The lowest BCUT2D eigenvalue weighted by Crippen LogP contribution is -2.56. The Morgan fingerprint density at radius 2 is 1.72 bits per heavy atom. The van der Waals surface area contributed by atoms with Gasteiger partial charge in [0.05, 0.1) is 6.54 Å². The third-order valence-corrected chi connectivity index (χ3v) is 7.19. The average Bonchev–Trinajstić information content (AvgIpc) is 3.31. The van der Waals surface area contributed by atoms with Crippen LogP contribution in [0.1, 0.15) is 64.5 Å². The topological polar surface area (TPSA) is 169 Å². The number of hydrogen-bond acceptors (Lipinski definition) is 5. The van der Waals surface area contributed by atoms with E-state index in [1.807, 2.05) is 44.2 Å². The van der Waals surface area contributed by atoms with Gasteiger partial charge in [-0.05, 0) is 36.3 Å². The van der Waals surface area contributed by atoms with Crippen LogP contribution in [0.2, 0.25) is 0 Å². The van der Waals surface area contributed by atoms with E-state index in [0.717, 1.165) is 23.0 Å². The Balaban J connectivity index is 1.84. The van der Waals surface area contributed by atoms with Crippen molar-refractivity contribution in [3.8, 4) is 0 Å². The van der Waals surface area contributed by atoms with Crippen molar-refractivity contribution in [3.63, 3.8) is 0 Å². The molecule has 4 amide bonds. The number of para-hydroxylation sites is 1. The summed E-state index contributed by atoms with van der Waals surface area (Å²) in [6.45, 7) is 3.62. The number of hydrogen-bond donors (Lipinski definition) is 6. The zero-order chi connectivity index (χ0) is 28.4. The number of aromatic amines is 1. The predicted octanol–water partition coefficient (Wildman–Crippen LogP) is 1.77. The highest BCUT2D eigenvalue weighted by atomic mass is 16.4. The van der Waals surface area contributed by atoms with Crippen LogP contribution in [0.15, 0.2) is 30.3 Å². The molecular formula is C28H39N5O6. The molecule has 0 saturated carbocycles. The first-order valence-corrected chi connectivity index (χ1v) is 13.6. The van der Waals surface area contributed by atoms with Crippen LogP contribution in [0.4, 0.5) is 0 Å². The summed E-state index contributed by atoms with van der Waals surface area (Å²) in [4.78, 5) is 66.2. The molecular weight excluding hydrogens is 502 g/mol. The number of benzene rings is 1. The van der Waals surface area contributed by atoms with Gasteiger partial charge in [-0.25, -0.2) is 0 Å². The first-order chi connectivity index (χ1) is 18.7. The van der Waals surface area contributed by atoms with Crippen LogP contribution in [0.25, 0.3) is 10.9 Å². The van der Waals surface area contributed by atoms with Crippen molar-refractivity contribution in [2.24, 2.45) is 5.92 Å². The zero-order valence-corrected chi connectivity index (χ0v) is 22.5. The van der Waals surface area contributed by atoms with Gasteiger partial charge in [-0.3, -0.25) is 24.0 Å². The fourth-order valence-electron chi connectivity index (χ4n) is 4.67. The number of aliphatic carboxylic acids is 1. The Labute approximate surface area is 227 Å². The van der Waals surface area contributed by atoms with Crippen LogP contribution in [0.5, 0.6) is 0 Å². The molecule has 2 aromatic rings. The van der Waals surface area contributed by atoms with Gasteiger partial charge in [0, 0.05) is 36.5 Å². The summed E-state index contributed by atoms with van der Waals surface area (Å²) in [5.41, 5.74) is 1.66. The van der Waals surface area contributed by atoms with Crippen molar-refractivity contribution in [1.29, 1.82) is 0 Å². The number of carbonyl (C=O) groups is 5. The largest absolute Gasteiger partial charge is 0.481 e. The van der Waals surface area contributed by atoms with Crippen LogP contribution in [0, 0.1) is 5.92 Å². The summed E-state index contributed by atoms with van der Waals surface area (Å²) in [5, 5.41) is 20.9. The molecule has 0 bridgehead atoms. The standard InChI is InChI=1S/C28H39N5O6/c1-3-17(2)22-15-24(34)29-16-25(35)31-21(11-5-4-6-12-26(36)37)27(38)33-23(28(39)32-22)14-19-13-18-9-7-8-10-20(18)30-19/h7-10,13,17,21-23,30H,3-6,11-12,14-16H2,1-2H3,(H,29,34)(H,31,35)(H,32,39)(H,33,38)(H,36,37)/t17-,21-,22+,23-/m0/s1. The molecule has 6 N–H and O–H groups in total. The van der Waals surface area contributed by atoms with Gasteiger partial charge in [0.2, 0.25) is 23.6 Å². The number of rotatable bonds is 10. The molecule has 0 unspecified atom stereocenters. The number of unbranched alkanes of at least 4 members (excludes halogenated alkanes) is 2. The number of carboxylic acid groups (broad SMARTS) is 1. The van der Waals surface area contributed by atoms with Gasteiger partial charge in [0.15, 0.2) is 0 Å². The van der Waals surface area contributed by atoms with Crippen molar-refractivity contribution in [1.82, 2.24) is 26.3 Å². The van der Waals surface area contributed by atoms with E-state index in [-0.39, 0.29) is 44.1 Å². The number of amides is 4. The van der Waals surface area contributed by atoms with Crippen LogP contribution >= 0.6 is 0 Å². The van der Waals surface area contributed by atoms with Crippen molar-refractivity contribution < 1.29 is 29.1 Å². The normalized spacial score (nSPS) is 21.9. The van der Waals surface area contributed by atoms with Crippen LogP contribution in [0.3, 0.4) is 0 Å². The summed E-state index contributed by atoms with van der Waals surface area (Å²) in [7, 11) is 0. The summed E-state index contributed by atoms with van der Waals surface area (Å²) in [6, 6.07) is 7.26. The predicted molar refractivity (Wildman–Crippen MR) is 146 cm³/mol. The summed E-state index contributed by atoms with van der Waals surface area (Å²) in [5.74, 6) is -2.71. The van der Waals surface area contributed by atoms with Crippen molar-refractivity contribution in [3.05, 3.63) is 36.0 Å². The van der Waals surface area contributed by atoms with Gasteiger partial charge < -0.3 is 31.4 Å². The first kappa shape index (κ1) is 29.7. The van der Waals surface area contributed by atoms with E-state index in [1.165, 1.54) is 0 Å². The third kappa shape index (κ3) is 9.12. The van der Waals surface area contributed by atoms with E-state index in [9.17, 15) is 24.0 Å². The van der Waals surface area contributed by atoms with Crippen LogP contribution in [-0.4, -0.2) is 64.4 Å². The quantitative estimate of drug-likeness (QED) is 0.250. The number of fused-ring (bicyclic) bond motifs is 1. The number of nitrogens with one attached hydrogen (secondary N) is 5. The molecule has 1 saturated heterocycles. The number of H-pyrrole nitrogens is 1. The summed E-state index contributed by atoms with van der Waals surface area (Å²) in [6.07, 6.45) is 2.74. The first-order valence-electron chi connectivity index (χ1n) is 13.6. The lowest BCUT2D eigenvalue weighted by atomic mass is 9.95. The summed E-state index contributed by atoms with van der Waals surface area (Å²) < 4.78 is 0. The Kier molecular flexibility index (Phi) is 10.9. The van der Waals surface area contributed by atoms with E-state index in [1.54, 1.807) is 0 Å². The lowest BCUT2D eigenvalue weighted by Gasteiger charge is -2.27. The van der Waals surface area contributed by atoms with E-state index in [2.05, 4.69) is 26.3 Å². The molecule has 1 aromatic heterocycles. The molecule has 2 heterocycles. The van der Waals surface area contributed by atoms with Gasteiger partial charge in [-0.1, -0.05) is 51.3 Å². The maximum Gasteiger partial charge on any atom is 0.303 e. The molecule has 3 rings (SSSR count). The molecule has 11 nitrogen and oxygen atoms in total. The Hall–Kier alpha value is -3.89. The van der Waals surface area contributed by atoms with Gasteiger partial charge in [-0.15, -0.1) is 0 Å². The SMILES string of the molecule is CC[C@H](C)[C@H]1CC(=O)NCC(=O)N[C@@H](CCCCCC(=O)O)C(=O)N[C@@H](Cc2cc3ccccc3[nH]2)C(=O)N1. The van der Waals surface area contributed by atoms with Gasteiger partial charge in [0.1, 0.15) is 12.1 Å². The third-order valence-electron chi connectivity index (χ3n) is 7.19. The molecule has 212 valence electrons. The van der Waals surface area contributed by atoms with Gasteiger partial charge in [-0.2, -0.15) is 0 Å². The molecule has 1 fully saturated rings. The average molecular weight is 542 g/mol. The van der Waals surface area contributed by atoms with E-state index >= 15 is 0 Å². The lowest BCUT2D eigenvalue weighted by molar-refractivity contribution is -0.137. The van der Waals surface area contributed by atoms with Crippen molar-refractivity contribution in [2.75, 3.05) is 6.54 Å². The maximum atomic E-state index is 13.5. The highest BCUT2D eigenvalue weighted by molar-refractivity contribution is 5.94. The minimum atomic E-state index is -0.952. The Bertz CT molecular complexity index is 1150. The van der Waals surface area contributed by atoms with Crippen LogP contribution < -0.4 is 21.3 Å². The van der Waals surface area contributed by atoms with E-state index < -0.39 is 41.8 Å². The molecule has 1 aromatic carbocycles. The van der Waals surface area contributed by atoms with Crippen molar-refractivity contribution in [2.45, 2.75) is 83.3 Å². The molecule has 1 aliphatic heterocycles. The fraction of sp³-hybridized carbons (Fsp3) is 0.536. The Morgan fingerprint density at radius 1 is 0.974 bits per heavy atom. The maximum absolute atomic E-state index is 13.5. The monoisotopic (exact) mass is 541 g/mol.